The maximum Gasteiger partial charge on any atom is 0.269 e. The molecule has 0 aliphatic rings. The standard InChI is InChI=1S/C14H12ClNO4/c15-11-1-5-13(6-2-11)19-9-10-20-14-7-3-12(4-8-14)16(17)18/h1-8H,9-10H2. The van der Waals surface area contributed by atoms with Crippen LogP contribution in [0.15, 0.2) is 48.5 Å². The van der Waals surface area contributed by atoms with Gasteiger partial charge in [-0.25, -0.2) is 0 Å². The molecule has 0 atom stereocenters. The molecule has 0 aliphatic carbocycles. The van der Waals surface area contributed by atoms with Crippen molar-refractivity contribution in [3.63, 3.8) is 0 Å². The van der Waals surface area contributed by atoms with Gasteiger partial charge in [-0.1, -0.05) is 11.6 Å². The molecule has 6 heteroatoms. The van der Waals surface area contributed by atoms with E-state index < -0.39 is 4.92 Å². The van der Waals surface area contributed by atoms with Crippen LogP contribution in [0.25, 0.3) is 0 Å². The Hall–Kier alpha value is -2.27. The number of nitro benzene ring substituents is 1. The maximum atomic E-state index is 10.5. The Labute approximate surface area is 120 Å². The van der Waals surface area contributed by atoms with Crippen molar-refractivity contribution in [1.82, 2.24) is 0 Å². The van der Waals surface area contributed by atoms with E-state index in [1.165, 1.54) is 12.1 Å². The molecule has 0 heterocycles. The molecule has 104 valence electrons. The van der Waals surface area contributed by atoms with Gasteiger partial charge in [0.25, 0.3) is 5.69 Å². The molecule has 0 amide bonds. The molecule has 2 aromatic rings. The lowest BCUT2D eigenvalue weighted by atomic mass is 10.3. The molecule has 0 aliphatic heterocycles. The van der Waals surface area contributed by atoms with Crippen molar-refractivity contribution in [1.29, 1.82) is 0 Å². The van der Waals surface area contributed by atoms with Gasteiger partial charge in [0.05, 0.1) is 4.92 Å². The number of rotatable bonds is 6. The first-order valence-corrected chi connectivity index (χ1v) is 6.28. The number of ether oxygens (including phenoxy) is 2. The Kier molecular flexibility index (Phi) is 4.79. The molecule has 2 rings (SSSR count). The number of hydrogen-bond donors (Lipinski definition) is 0. The minimum atomic E-state index is -0.451. The highest BCUT2D eigenvalue weighted by molar-refractivity contribution is 6.30. The lowest BCUT2D eigenvalue weighted by Crippen LogP contribution is -2.08. The van der Waals surface area contributed by atoms with E-state index in [0.717, 1.165) is 0 Å². The summed E-state index contributed by atoms with van der Waals surface area (Å²) in [6.45, 7) is 0.721. The van der Waals surface area contributed by atoms with Crippen LogP contribution in [0, 0.1) is 10.1 Å². The fourth-order valence-electron chi connectivity index (χ4n) is 1.51. The summed E-state index contributed by atoms with van der Waals surface area (Å²) < 4.78 is 10.9. The van der Waals surface area contributed by atoms with E-state index in [0.29, 0.717) is 29.7 Å². The van der Waals surface area contributed by atoms with Gasteiger partial charge in [0.2, 0.25) is 0 Å². The Morgan fingerprint density at radius 3 is 1.80 bits per heavy atom. The SMILES string of the molecule is O=[N+]([O-])c1ccc(OCCOc2ccc(Cl)cc2)cc1. The fourth-order valence-corrected chi connectivity index (χ4v) is 1.64. The van der Waals surface area contributed by atoms with Gasteiger partial charge in [0, 0.05) is 17.2 Å². The van der Waals surface area contributed by atoms with Gasteiger partial charge in [-0.3, -0.25) is 10.1 Å². The molecule has 0 saturated carbocycles. The molecule has 0 unspecified atom stereocenters. The first kappa shape index (κ1) is 14.1. The maximum absolute atomic E-state index is 10.5. The number of nitro groups is 1. The Morgan fingerprint density at radius 2 is 1.35 bits per heavy atom. The smallest absolute Gasteiger partial charge is 0.269 e. The van der Waals surface area contributed by atoms with E-state index in [2.05, 4.69) is 0 Å². The normalized spacial score (nSPS) is 10.1. The van der Waals surface area contributed by atoms with Crippen molar-refractivity contribution >= 4 is 17.3 Å². The molecule has 0 radical (unpaired) electrons. The van der Waals surface area contributed by atoms with Crippen molar-refractivity contribution in [2.24, 2.45) is 0 Å². The summed E-state index contributed by atoms with van der Waals surface area (Å²) in [5.74, 6) is 1.28. The van der Waals surface area contributed by atoms with E-state index >= 15 is 0 Å². The first-order valence-electron chi connectivity index (χ1n) is 5.91. The van der Waals surface area contributed by atoms with Crippen molar-refractivity contribution in [3.05, 3.63) is 63.7 Å². The largest absolute Gasteiger partial charge is 0.490 e. The predicted octanol–water partition coefficient (Wildman–Crippen LogP) is 3.71. The van der Waals surface area contributed by atoms with E-state index in [1.54, 1.807) is 36.4 Å². The predicted molar refractivity (Wildman–Crippen MR) is 75.5 cm³/mol. The first-order chi connectivity index (χ1) is 9.65. The summed E-state index contributed by atoms with van der Waals surface area (Å²) >= 11 is 5.76. The van der Waals surface area contributed by atoms with E-state index in [9.17, 15) is 10.1 Å². The molecule has 0 bridgehead atoms. The molecule has 0 saturated heterocycles. The van der Waals surface area contributed by atoms with Crippen molar-refractivity contribution in [2.45, 2.75) is 0 Å². The zero-order chi connectivity index (χ0) is 14.4. The molecule has 2 aromatic carbocycles. The Balaban J connectivity index is 1.75. The Morgan fingerprint density at radius 1 is 0.900 bits per heavy atom. The second-order valence-corrected chi connectivity index (χ2v) is 4.34. The van der Waals surface area contributed by atoms with Gasteiger partial charge in [-0.2, -0.15) is 0 Å². The van der Waals surface area contributed by atoms with Crippen molar-refractivity contribution in [3.8, 4) is 11.5 Å². The third kappa shape index (κ3) is 4.13. The van der Waals surface area contributed by atoms with Crippen LogP contribution in [0.3, 0.4) is 0 Å². The van der Waals surface area contributed by atoms with Gasteiger partial charge in [-0.15, -0.1) is 0 Å². The number of hydrogen-bond acceptors (Lipinski definition) is 4. The topological polar surface area (TPSA) is 61.6 Å². The highest BCUT2D eigenvalue weighted by Gasteiger charge is 2.04. The van der Waals surface area contributed by atoms with Crippen LogP contribution in [-0.4, -0.2) is 18.1 Å². The zero-order valence-corrected chi connectivity index (χ0v) is 11.2. The molecule has 5 nitrogen and oxygen atoms in total. The van der Waals surface area contributed by atoms with Crippen LogP contribution in [0.1, 0.15) is 0 Å². The van der Waals surface area contributed by atoms with Crippen LogP contribution in [-0.2, 0) is 0 Å². The second kappa shape index (κ2) is 6.77. The highest BCUT2D eigenvalue weighted by Crippen LogP contribution is 2.18. The zero-order valence-electron chi connectivity index (χ0n) is 10.5. The lowest BCUT2D eigenvalue weighted by molar-refractivity contribution is -0.384. The monoisotopic (exact) mass is 293 g/mol. The molecule has 0 aromatic heterocycles. The van der Waals surface area contributed by atoms with E-state index in [-0.39, 0.29) is 5.69 Å². The van der Waals surface area contributed by atoms with Crippen LogP contribution in [0.4, 0.5) is 5.69 Å². The summed E-state index contributed by atoms with van der Waals surface area (Å²) in [4.78, 5) is 10.0. The van der Waals surface area contributed by atoms with Crippen LogP contribution >= 0.6 is 11.6 Å². The number of non-ortho nitro benzene ring substituents is 1. The third-order valence-electron chi connectivity index (χ3n) is 2.48. The van der Waals surface area contributed by atoms with Gasteiger partial charge < -0.3 is 9.47 Å². The summed E-state index contributed by atoms with van der Waals surface area (Å²) in [7, 11) is 0. The van der Waals surface area contributed by atoms with Crippen LogP contribution < -0.4 is 9.47 Å². The van der Waals surface area contributed by atoms with E-state index in [4.69, 9.17) is 21.1 Å². The molecule has 0 spiro atoms. The summed E-state index contributed by atoms with van der Waals surface area (Å²) in [6.07, 6.45) is 0. The quantitative estimate of drug-likeness (QED) is 0.463. The van der Waals surface area contributed by atoms with Gasteiger partial charge in [0.15, 0.2) is 0 Å². The number of nitrogens with zero attached hydrogens (tertiary/aromatic N) is 1. The minimum Gasteiger partial charge on any atom is -0.490 e. The fraction of sp³-hybridized carbons (Fsp3) is 0.143. The van der Waals surface area contributed by atoms with Crippen molar-refractivity contribution in [2.75, 3.05) is 13.2 Å². The molecule has 0 fully saturated rings. The van der Waals surface area contributed by atoms with Gasteiger partial charge in [-0.05, 0) is 36.4 Å². The van der Waals surface area contributed by atoms with Gasteiger partial charge in [0.1, 0.15) is 24.7 Å². The summed E-state index contributed by atoms with van der Waals surface area (Å²) in [5, 5.41) is 11.1. The van der Waals surface area contributed by atoms with Crippen LogP contribution in [0.2, 0.25) is 5.02 Å². The average molecular weight is 294 g/mol. The second-order valence-electron chi connectivity index (χ2n) is 3.90. The molecule has 20 heavy (non-hydrogen) atoms. The average Bonchev–Trinajstić information content (AvgIpc) is 2.46. The van der Waals surface area contributed by atoms with E-state index in [1.807, 2.05) is 0 Å². The summed E-state index contributed by atoms with van der Waals surface area (Å²) in [6, 6.07) is 12.9. The molecule has 0 N–H and O–H groups in total. The summed E-state index contributed by atoms with van der Waals surface area (Å²) in [5.41, 5.74) is 0.0368. The molecular weight excluding hydrogens is 282 g/mol. The van der Waals surface area contributed by atoms with Gasteiger partial charge >= 0.3 is 0 Å². The molecular formula is C14H12ClNO4. The number of benzene rings is 2. The Bertz CT molecular complexity index is 569. The third-order valence-corrected chi connectivity index (χ3v) is 2.73. The van der Waals surface area contributed by atoms with Crippen LogP contribution in [0.5, 0.6) is 11.5 Å². The van der Waals surface area contributed by atoms with Crippen molar-refractivity contribution < 1.29 is 14.4 Å². The highest BCUT2D eigenvalue weighted by atomic mass is 35.5. The number of halogens is 1. The lowest BCUT2D eigenvalue weighted by Gasteiger charge is -2.08. The minimum absolute atomic E-state index is 0.0368.